The van der Waals surface area contributed by atoms with Crippen molar-refractivity contribution in [2.24, 2.45) is 5.11 Å². The molecule has 1 heterocycles. The molecule has 0 aliphatic carbocycles. The van der Waals surface area contributed by atoms with Gasteiger partial charge in [0.2, 0.25) is 0 Å². The van der Waals surface area contributed by atoms with Crippen molar-refractivity contribution in [1.29, 1.82) is 5.53 Å². The molecule has 1 aliphatic heterocycles. The maximum Gasteiger partial charge on any atom is 0.337 e. The number of ether oxygens (including phenoxy) is 3. The van der Waals surface area contributed by atoms with E-state index in [1.54, 1.807) is 6.07 Å². The summed E-state index contributed by atoms with van der Waals surface area (Å²) in [5.41, 5.74) is 8.75. The minimum Gasteiger partial charge on any atom is -0.488 e. The van der Waals surface area contributed by atoms with E-state index in [2.05, 4.69) is 10.4 Å². The van der Waals surface area contributed by atoms with Crippen LogP contribution < -0.4 is 10.1 Å². The van der Waals surface area contributed by atoms with Gasteiger partial charge in [0.1, 0.15) is 19.0 Å². The SMILES string of the molecule is N=NCNc1cc(OCc2ccccc2)c(C2OCCO2)cc1C(=O)O. The Labute approximate surface area is 150 Å². The first-order valence-electron chi connectivity index (χ1n) is 8.07. The fraction of sp³-hybridized carbons (Fsp3) is 0.278. The van der Waals surface area contributed by atoms with Gasteiger partial charge in [-0.2, -0.15) is 5.11 Å². The first-order chi connectivity index (χ1) is 12.7. The molecule has 0 spiro atoms. The molecular formula is C18H19N3O5. The number of carboxylic acid groups (broad SMARTS) is 1. The molecule has 8 heteroatoms. The molecule has 1 fully saturated rings. The quantitative estimate of drug-likeness (QED) is 0.624. The summed E-state index contributed by atoms with van der Waals surface area (Å²) in [7, 11) is 0. The van der Waals surface area contributed by atoms with E-state index in [-0.39, 0.29) is 12.2 Å². The number of rotatable bonds is 8. The number of hydrogen-bond donors (Lipinski definition) is 3. The lowest BCUT2D eigenvalue weighted by molar-refractivity contribution is -0.0458. The van der Waals surface area contributed by atoms with Gasteiger partial charge in [-0.25, -0.2) is 10.3 Å². The van der Waals surface area contributed by atoms with E-state index in [4.69, 9.17) is 19.7 Å². The number of hydrogen-bond acceptors (Lipinski definition) is 7. The smallest absolute Gasteiger partial charge is 0.337 e. The molecule has 1 saturated heterocycles. The molecule has 3 rings (SSSR count). The van der Waals surface area contributed by atoms with Gasteiger partial charge in [0.25, 0.3) is 0 Å². The molecule has 8 nitrogen and oxygen atoms in total. The third kappa shape index (κ3) is 4.16. The van der Waals surface area contributed by atoms with E-state index >= 15 is 0 Å². The molecule has 2 aromatic carbocycles. The van der Waals surface area contributed by atoms with Crippen LogP contribution in [0.1, 0.15) is 27.8 Å². The van der Waals surface area contributed by atoms with Crippen LogP contribution in [0.3, 0.4) is 0 Å². The number of anilines is 1. The third-order valence-corrected chi connectivity index (χ3v) is 3.84. The highest BCUT2D eigenvalue weighted by molar-refractivity contribution is 5.95. The summed E-state index contributed by atoms with van der Waals surface area (Å²) in [6, 6.07) is 12.7. The molecule has 2 aromatic rings. The van der Waals surface area contributed by atoms with E-state index in [9.17, 15) is 9.90 Å². The van der Waals surface area contributed by atoms with Crippen molar-refractivity contribution in [3.63, 3.8) is 0 Å². The number of nitrogens with one attached hydrogen (secondary N) is 2. The molecule has 1 aliphatic rings. The molecule has 0 amide bonds. The lowest BCUT2D eigenvalue weighted by Gasteiger charge is -2.19. The maximum absolute atomic E-state index is 11.6. The summed E-state index contributed by atoms with van der Waals surface area (Å²) in [6.07, 6.45) is -0.672. The third-order valence-electron chi connectivity index (χ3n) is 3.84. The van der Waals surface area contributed by atoms with Crippen LogP contribution in [0, 0.1) is 5.53 Å². The fourth-order valence-electron chi connectivity index (χ4n) is 2.63. The minimum absolute atomic E-state index is 0.0336. The Balaban J connectivity index is 1.94. The van der Waals surface area contributed by atoms with Crippen LogP contribution in [0.4, 0.5) is 5.69 Å². The molecule has 0 saturated carbocycles. The normalized spacial score (nSPS) is 14.2. The molecule has 0 aromatic heterocycles. The Morgan fingerprint density at radius 1 is 1.27 bits per heavy atom. The highest BCUT2D eigenvalue weighted by atomic mass is 16.7. The highest BCUT2D eigenvalue weighted by Crippen LogP contribution is 2.36. The van der Waals surface area contributed by atoms with Crippen molar-refractivity contribution < 1.29 is 24.1 Å². The van der Waals surface area contributed by atoms with Crippen LogP contribution in [0.25, 0.3) is 0 Å². The average Bonchev–Trinajstić information content (AvgIpc) is 3.19. The topological polar surface area (TPSA) is 113 Å². The monoisotopic (exact) mass is 357 g/mol. The first-order valence-corrected chi connectivity index (χ1v) is 8.07. The molecule has 3 N–H and O–H groups in total. The fourth-order valence-corrected chi connectivity index (χ4v) is 2.63. The van der Waals surface area contributed by atoms with Crippen LogP contribution in [-0.2, 0) is 16.1 Å². The van der Waals surface area contributed by atoms with Gasteiger partial charge < -0.3 is 24.6 Å². The summed E-state index contributed by atoms with van der Waals surface area (Å²) >= 11 is 0. The predicted octanol–water partition coefficient (Wildman–Crippen LogP) is 3.41. The zero-order chi connectivity index (χ0) is 18.4. The van der Waals surface area contributed by atoms with Crippen LogP contribution in [0.15, 0.2) is 47.6 Å². The van der Waals surface area contributed by atoms with Gasteiger partial charge >= 0.3 is 5.97 Å². The van der Waals surface area contributed by atoms with Gasteiger partial charge in [-0.15, -0.1) is 0 Å². The maximum atomic E-state index is 11.6. The summed E-state index contributed by atoms with van der Waals surface area (Å²) in [6.45, 7) is 1.15. The minimum atomic E-state index is -1.11. The summed E-state index contributed by atoms with van der Waals surface area (Å²) in [5.74, 6) is -0.649. The largest absolute Gasteiger partial charge is 0.488 e. The van der Waals surface area contributed by atoms with Crippen LogP contribution in [-0.4, -0.2) is 31.0 Å². The Hall–Kier alpha value is -2.97. The lowest BCUT2D eigenvalue weighted by Crippen LogP contribution is -2.11. The Morgan fingerprint density at radius 2 is 2.00 bits per heavy atom. The van der Waals surface area contributed by atoms with E-state index in [0.717, 1.165) is 5.56 Å². The molecule has 0 bridgehead atoms. The van der Waals surface area contributed by atoms with Crippen molar-refractivity contribution in [2.45, 2.75) is 12.9 Å². The Kier molecular flexibility index (Phi) is 5.77. The number of carbonyl (C=O) groups is 1. The summed E-state index contributed by atoms with van der Waals surface area (Å²) < 4.78 is 17.0. The average molecular weight is 357 g/mol. The van der Waals surface area contributed by atoms with Gasteiger partial charge in [-0.3, -0.25) is 0 Å². The van der Waals surface area contributed by atoms with E-state index < -0.39 is 12.3 Å². The zero-order valence-electron chi connectivity index (χ0n) is 14.0. The summed E-state index contributed by atoms with van der Waals surface area (Å²) in [5, 5.41) is 15.5. The van der Waals surface area contributed by atoms with Crippen molar-refractivity contribution in [3.05, 3.63) is 59.2 Å². The van der Waals surface area contributed by atoms with Gasteiger partial charge in [0.05, 0.1) is 30.0 Å². The van der Waals surface area contributed by atoms with Crippen molar-refractivity contribution in [1.82, 2.24) is 0 Å². The van der Waals surface area contributed by atoms with Crippen LogP contribution in [0.5, 0.6) is 5.75 Å². The summed E-state index contributed by atoms with van der Waals surface area (Å²) in [4.78, 5) is 11.6. The van der Waals surface area contributed by atoms with Crippen molar-refractivity contribution >= 4 is 11.7 Å². The lowest BCUT2D eigenvalue weighted by atomic mass is 10.1. The second kappa shape index (κ2) is 8.41. The predicted molar refractivity (Wildman–Crippen MR) is 92.5 cm³/mol. The standard InChI is InChI=1S/C18H19N3O5/c19-21-11-20-15-9-16(26-10-12-4-2-1-3-5-12)14(8-13(15)17(22)23)18-24-6-7-25-18/h1-5,8-9,18-20H,6-7,10-11H2,(H,22,23). The van der Waals surface area contributed by atoms with Gasteiger partial charge in [-0.05, 0) is 11.6 Å². The highest BCUT2D eigenvalue weighted by Gasteiger charge is 2.26. The van der Waals surface area contributed by atoms with Gasteiger partial charge in [0.15, 0.2) is 6.29 Å². The van der Waals surface area contributed by atoms with E-state index in [1.807, 2.05) is 30.3 Å². The number of carboxylic acids is 1. The molecule has 26 heavy (non-hydrogen) atoms. The number of aromatic carboxylic acids is 1. The van der Waals surface area contributed by atoms with Crippen molar-refractivity contribution in [2.75, 3.05) is 25.2 Å². The second-order valence-corrected chi connectivity index (χ2v) is 5.58. The molecule has 136 valence electrons. The zero-order valence-corrected chi connectivity index (χ0v) is 14.0. The van der Waals surface area contributed by atoms with E-state index in [0.29, 0.717) is 36.8 Å². The molecular weight excluding hydrogens is 338 g/mol. The van der Waals surface area contributed by atoms with Gasteiger partial charge in [-0.1, -0.05) is 30.3 Å². The molecule has 0 atom stereocenters. The second-order valence-electron chi connectivity index (χ2n) is 5.58. The van der Waals surface area contributed by atoms with Crippen LogP contribution >= 0.6 is 0 Å². The molecule has 0 unspecified atom stereocenters. The van der Waals surface area contributed by atoms with Crippen LogP contribution in [0.2, 0.25) is 0 Å². The molecule has 0 radical (unpaired) electrons. The first kappa shape index (κ1) is 17.8. The van der Waals surface area contributed by atoms with Crippen molar-refractivity contribution in [3.8, 4) is 5.75 Å². The number of nitrogens with zero attached hydrogens (tertiary/aromatic N) is 1. The Bertz CT molecular complexity index is 776. The Morgan fingerprint density at radius 3 is 2.65 bits per heavy atom. The van der Waals surface area contributed by atoms with E-state index in [1.165, 1.54) is 6.07 Å². The number of benzene rings is 2. The van der Waals surface area contributed by atoms with Gasteiger partial charge in [0, 0.05) is 6.07 Å².